The second-order valence-corrected chi connectivity index (χ2v) is 6.31. The monoisotopic (exact) mass is 350 g/mol. The normalized spacial score (nSPS) is 13.1. The number of nitrogens with one attached hydrogen (secondary N) is 1. The number of carbonyl (C=O) groups excluding carboxylic acids is 3. The molecule has 1 aromatic carbocycles. The summed E-state index contributed by atoms with van der Waals surface area (Å²) in [5.74, 6) is -1.50. The smallest absolute Gasteiger partial charge is 0.318 e. The standard InChI is InChI=1S/C17H26N4O4/c1-11(2)9-21(10-14(22)16(19)24)17(25)20-13(15(18)23)8-12-6-4-3-5-7-12/h3-7,11,13-14,22H,8-10H2,1-2H3,(H2,18,23)(H2,19,24)(H,20,25)/t13-,14-/m0/s1. The summed E-state index contributed by atoms with van der Waals surface area (Å²) >= 11 is 0. The Morgan fingerprint density at radius 3 is 2.16 bits per heavy atom. The number of urea groups is 1. The summed E-state index contributed by atoms with van der Waals surface area (Å²) in [5, 5.41) is 12.2. The SMILES string of the molecule is CC(C)CN(C[C@H](O)C(N)=O)C(=O)N[C@@H](Cc1ccccc1)C(N)=O. The van der Waals surface area contributed by atoms with Gasteiger partial charge in [0.1, 0.15) is 12.1 Å². The third-order valence-corrected chi connectivity index (χ3v) is 3.52. The molecule has 0 aliphatic rings. The Bertz CT molecular complexity index is 592. The quantitative estimate of drug-likeness (QED) is 0.481. The van der Waals surface area contributed by atoms with Gasteiger partial charge < -0.3 is 26.8 Å². The van der Waals surface area contributed by atoms with Gasteiger partial charge in [-0.2, -0.15) is 0 Å². The maximum Gasteiger partial charge on any atom is 0.318 e. The van der Waals surface area contributed by atoms with Crippen molar-refractivity contribution in [1.29, 1.82) is 0 Å². The molecule has 4 amide bonds. The lowest BCUT2D eigenvalue weighted by Gasteiger charge is -2.28. The lowest BCUT2D eigenvalue weighted by atomic mass is 10.1. The highest BCUT2D eigenvalue weighted by molar-refractivity contribution is 5.86. The fourth-order valence-electron chi connectivity index (χ4n) is 2.29. The summed E-state index contributed by atoms with van der Waals surface area (Å²) in [5.41, 5.74) is 11.3. The van der Waals surface area contributed by atoms with E-state index in [2.05, 4.69) is 5.32 Å². The van der Waals surface area contributed by atoms with E-state index in [1.54, 1.807) is 0 Å². The maximum atomic E-state index is 12.5. The van der Waals surface area contributed by atoms with E-state index in [0.717, 1.165) is 5.56 Å². The highest BCUT2D eigenvalue weighted by Gasteiger charge is 2.25. The lowest BCUT2D eigenvalue weighted by Crippen LogP contribution is -2.54. The molecule has 0 bridgehead atoms. The number of nitrogens with two attached hydrogens (primary N) is 2. The zero-order valence-electron chi connectivity index (χ0n) is 14.5. The van der Waals surface area contributed by atoms with Crippen molar-refractivity contribution in [3.05, 3.63) is 35.9 Å². The molecule has 0 radical (unpaired) electrons. The van der Waals surface area contributed by atoms with Crippen molar-refractivity contribution in [3.63, 3.8) is 0 Å². The van der Waals surface area contributed by atoms with Crippen LogP contribution in [0.25, 0.3) is 0 Å². The fraction of sp³-hybridized carbons (Fsp3) is 0.471. The molecule has 8 nitrogen and oxygen atoms in total. The number of hydrogen-bond donors (Lipinski definition) is 4. The topological polar surface area (TPSA) is 139 Å². The van der Waals surface area contributed by atoms with Crippen LogP contribution < -0.4 is 16.8 Å². The highest BCUT2D eigenvalue weighted by atomic mass is 16.3. The van der Waals surface area contributed by atoms with Crippen LogP contribution in [0, 0.1) is 5.92 Å². The van der Waals surface area contributed by atoms with Crippen LogP contribution >= 0.6 is 0 Å². The van der Waals surface area contributed by atoms with Gasteiger partial charge in [0.25, 0.3) is 0 Å². The molecule has 0 fully saturated rings. The van der Waals surface area contributed by atoms with Gasteiger partial charge in [0.15, 0.2) is 0 Å². The first-order valence-electron chi connectivity index (χ1n) is 8.06. The Morgan fingerprint density at radius 2 is 1.68 bits per heavy atom. The predicted molar refractivity (Wildman–Crippen MR) is 93.3 cm³/mol. The fourth-order valence-corrected chi connectivity index (χ4v) is 2.29. The van der Waals surface area contributed by atoms with Gasteiger partial charge in [0.2, 0.25) is 11.8 Å². The number of benzene rings is 1. The summed E-state index contributed by atoms with van der Waals surface area (Å²) in [6.45, 7) is 3.79. The molecule has 0 saturated heterocycles. The average molecular weight is 350 g/mol. The van der Waals surface area contributed by atoms with E-state index in [-0.39, 0.29) is 25.4 Å². The van der Waals surface area contributed by atoms with Crippen LogP contribution in [0.5, 0.6) is 0 Å². The van der Waals surface area contributed by atoms with Crippen molar-refractivity contribution >= 4 is 17.8 Å². The molecule has 2 atom stereocenters. The molecule has 0 heterocycles. The number of carbonyl (C=O) groups is 3. The Labute approximate surface area is 147 Å². The van der Waals surface area contributed by atoms with Crippen LogP contribution in [0.15, 0.2) is 30.3 Å². The molecular formula is C17H26N4O4. The Kier molecular flexibility index (Phi) is 7.87. The van der Waals surface area contributed by atoms with Crippen LogP contribution in [-0.2, 0) is 16.0 Å². The first-order chi connectivity index (χ1) is 11.7. The summed E-state index contributed by atoms with van der Waals surface area (Å²) in [4.78, 5) is 36.5. The first-order valence-corrected chi connectivity index (χ1v) is 8.06. The zero-order valence-corrected chi connectivity index (χ0v) is 14.5. The molecule has 1 rings (SSSR count). The summed E-state index contributed by atoms with van der Waals surface area (Å²) in [6, 6.07) is 7.64. The van der Waals surface area contributed by atoms with Gasteiger partial charge in [-0.05, 0) is 11.5 Å². The summed E-state index contributed by atoms with van der Waals surface area (Å²) in [6.07, 6.45) is -1.24. The van der Waals surface area contributed by atoms with Crippen molar-refractivity contribution in [3.8, 4) is 0 Å². The molecule has 138 valence electrons. The molecule has 0 unspecified atom stereocenters. The van der Waals surface area contributed by atoms with Crippen molar-refractivity contribution in [2.24, 2.45) is 17.4 Å². The first kappa shape index (κ1) is 20.4. The van der Waals surface area contributed by atoms with Gasteiger partial charge in [0.05, 0.1) is 6.54 Å². The van der Waals surface area contributed by atoms with Crippen LogP contribution in [-0.4, -0.2) is 53.1 Å². The number of aliphatic hydroxyl groups excluding tert-OH is 1. The number of primary amides is 2. The van der Waals surface area contributed by atoms with E-state index < -0.39 is 30.0 Å². The van der Waals surface area contributed by atoms with Crippen molar-refractivity contribution in [2.45, 2.75) is 32.4 Å². The lowest BCUT2D eigenvalue weighted by molar-refractivity contribution is -0.126. The zero-order chi connectivity index (χ0) is 19.0. The molecule has 0 saturated carbocycles. The van der Waals surface area contributed by atoms with E-state index in [9.17, 15) is 19.5 Å². The Hall–Kier alpha value is -2.61. The minimum atomic E-state index is -1.48. The molecule has 0 aliphatic heterocycles. The van der Waals surface area contributed by atoms with Crippen molar-refractivity contribution in [2.75, 3.05) is 13.1 Å². The van der Waals surface area contributed by atoms with Crippen LogP contribution in [0.1, 0.15) is 19.4 Å². The molecule has 0 aliphatic carbocycles. The number of rotatable bonds is 9. The molecule has 25 heavy (non-hydrogen) atoms. The molecular weight excluding hydrogens is 324 g/mol. The average Bonchev–Trinajstić information content (AvgIpc) is 2.53. The van der Waals surface area contributed by atoms with E-state index >= 15 is 0 Å². The molecule has 0 aromatic heterocycles. The minimum Gasteiger partial charge on any atom is -0.381 e. The maximum absolute atomic E-state index is 12.5. The second-order valence-electron chi connectivity index (χ2n) is 6.31. The third kappa shape index (κ3) is 7.21. The van der Waals surface area contributed by atoms with Gasteiger partial charge in [-0.25, -0.2) is 4.79 Å². The molecule has 1 aromatic rings. The van der Waals surface area contributed by atoms with Crippen LogP contribution in [0.2, 0.25) is 0 Å². The second kappa shape index (κ2) is 9.63. The highest BCUT2D eigenvalue weighted by Crippen LogP contribution is 2.06. The summed E-state index contributed by atoms with van der Waals surface area (Å²) in [7, 11) is 0. The largest absolute Gasteiger partial charge is 0.381 e. The minimum absolute atomic E-state index is 0.0898. The van der Waals surface area contributed by atoms with Gasteiger partial charge in [-0.1, -0.05) is 44.2 Å². The van der Waals surface area contributed by atoms with E-state index in [1.165, 1.54) is 4.90 Å². The summed E-state index contributed by atoms with van der Waals surface area (Å²) < 4.78 is 0. The number of hydrogen-bond acceptors (Lipinski definition) is 4. The Morgan fingerprint density at radius 1 is 1.08 bits per heavy atom. The van der Waals surface area contributed by atoms with Gasteiger partial charge in [0, 0.05) is 13.0 Å². The van der Waals surface area contributed by atoms with Gasteiger partial charge in [-0.3, -0.25) is 9.59 Å². The Balaban J connectivity index is 2.82. The van der Waals surface area contributed by atoms with E-state index in [4.69, 9.17) is 11.5 Å². The van der Waals surface area contributed by atoms with Gasteiger partial charge in [-0.15, -0.1) is 0 Å². The van der Waals surface area contributed by atoms with Gasteiger partial charge >= 0.3 is 6.03 Å². The van der Waals surface area contributed by atoms with Crippen LogP contribution in [0.3, 0.4) is 0 Å². The predicted octanol–water partition coefficient (Wildman–Crippen LogP) is -0.403. The van der Waals surface area contributed by atoms with Crippen LogP contribution in [0.4, 0.5) is 4.79 Å². The number of aliphatic hydroxyl groups is 1. The number of nitrogens with zero attached hydrogens (tertiary/aromatic N) is 1. The van der Waals surface area contributed by atoms with Crippen molar-refractivity contribution in [1.82, 2.24) is 10.2 Å². The number of amides is 4. The van der Waals surface area contributed by atoms with E-state index in [0.29, 0.717) is 0 Å². The molecule has 8 heteroatoms. The van der Waals surface area contributed by atoms with Crippen molar-refractivity contribution < 1.29 is 19.5 Å². The third-order valence-electron chi connectivity index (χ3n) is 3.52. The van der Waals surface area contributed by atoms with E-state index in [1.807, 2.05) is 44.2 Å². The molecule has 6 N–H and O–H groups in total. The molecule has 0 spiro atoms.